The van der Waals surface area contributed by atoms with E-state index < -0.39 is 21.4 Å². The molecule has 0 saturated carbocycles. The number of alkyl halides is 3. The first-order chi connectivity index (χ1) is 8.84. The van der Waals surface area contributed by atoms with Gasteiger partial charge in [0.25, 0.3) is 5.91 Å². The molecule has 4 nitrogen and oxygen atoms in total. The Morgan fingerprint density at radius 1 is 1.05 bits per heavy atom. The van der Waals surface area contributed by atoms with Crippen molar-refractivity contribution < 1.29 is 26.4 Å². The van der Waals surface area contributed by atoms with Gasteiger partial charge < -0.3 is 0 Å². The summed E-state index contributed by atoms with van der Waals surface area (Å²) in [5.74, 6) is -1.32. The van der Waals surface area contributed by atoms with Gasteiger partial charge in [0, 0.05) is 5.56 Å². The van der Waals surface area contributed by atoms with E-state index >= 15 is 0 Å². The van der Waals surface area contributed by atoms with Crippen molar-refractivity contribution >= 4 is 15.9 Å². The third kappa shape index (κ3) is 3.72. The van der Waals surface area contributed by atoms with E-state index in [2.05, 4.69) is 0 Å². The molecular formula is C12H14F3NO3S. The number of benzene rings is 1. The average Bonchev–Trinajstić information content (AvgIpc) is 2.26. The second-order valence-electron chi connectivity index (χ2n) is 5.21. The summed E-state index contributed by atoms with van der Waals surface area (Å²) in [5, 5.41) is 0. The third-order valence-electron chi connectivity index (χ3n) is 2.54. The summed E-state index contributed by atoms with van der Waals surface area (Å²) < 4.78 is 59.0. The van der Waals surface area contributed by atoms with Crippen molar-refractivity contribution in [1.29, 1.82) is 0 Å². The Balaban J connectivity index is 2.96. The van der Waals surface area contributed by atoms with Crippen molar-refractivity contribution in [2.45, 2.75) is 31.7 Å². The monoisotopic (exact) mass is 309 g/mol. The molecule has 0 aliphatic carbocycles. The van der Waals surface area contributed by atoms with Crippen molar-refractivity contribution in [3.8, 4) is 0 Å². The molecule has 0 atom stereocenters. The van der Waals surface area contributed by atoms with Gasteiger partial charge in [-0.2, -0.15) is 21.6 Å². The van der Waals surface area contributed by atoms with Crippen LogP contribution in [0.1, 0.15) is 36.7 Å². The fraction of sp³-hybridized carbons (Fsp3) is 0.417. The molecule has 1 aromatic rings. The van der Waals surface area contributed by atoms with E-state index in [1.807, 2.05) is 20.8 Å². The Bertz CT molecular complexity index is 598. The SMILES string of the molecule is CC(C)(C)c1ccc(C(=O)NS(=O)(=O)C(F)(F)F)cc1. The van der Waals surface area contributed by atoms with Gasteiger partial charge in [-0.15, -0.1) is 0 Å². The number of halogens is 3. The van der Waals surface area contributed by atoms with Crippen LogP contribution in [0.15, 0.2) is 24.3 Å². The largest absolute Gasteiger partial charge is 0.516 e. The first-order valence-electron chi connectivity index (χ1n) is 5.58. The highest BCUT2D eigenvalue weighted by Crippen LogP contribution is 2.23. The standard InChI is InChI=1S/C12H14F3NO3S/c1-11(2,3)9-6-4-8(5-7-9)10(17)16-20(18,19)12(13,14)15/h4-7H,1-3H3,(H,16,17). The summed E-state index contributed by atoms with van der Waals surface area (Å²) in [4.78, 5) is 11.5. The van der Waals surface area contributed by atoms with E-state index in [0.717, 1.165) is 10.3 Å². The highest BCUT2D eigenvalue weighted by molar-refractivity contribution is 7.90. The lowest BCUT2D eigenvalue weighted by atomic mass is 9.87. The summed E-state index contributed by atoms with van der Waals surface area (Å²) in [6.07, 6.45) is 0. The lowest BCUT2D eigenvalue weighted by Crippen LogP contribution is -2.40. The molecule has 0 aliphatic rings. The Labute approximate surface area is 115 Å². The summed E-state index contributed by atoms with van der Waals surface area (Å²) in [6.45, 7) is 5.78. The van der Waals surface area contributed by atoms with Gasteiger partial charge in [-0.05, 0) is 23.1 Å². The minimum absolute atomic E-state index is 0.161. The molecule has 8 heteroatoms. The summed E-state index contributed by atoms with van der Waals surface area (Å²) in [5.41, 5.74) is -5.00. The zero-order chi connectivity index (χ0) is 15.8. The zero-order valence-electron chi connectivity index (χ0n) is 11.1. The van der Waals surface area contributed by atoms with Crippen LogP contribution in [0.2, 0.25) is 0 Å². The molecule has 0 radical (unpaired) electrons. The van der Waals surface area contributed by atoms with E-state index in [4.69, 9.17) is 0 Å². The highest BCUT2D eigenvalue weighted by atomic mass is 32.2. The van der Waals surface area contributed by atoms with Crippen molar-refractivity contribution in [3.63, 3.8) is 0 Å². The second-order valence-corrected chi connectivity index (χ2v) is 6.88. The smallest absolute Gasteiger partial charge is 0.268 e. The van der Waals surface area contributed by atoms with Gasteiger partial charge in [0.15, 0.2) is 0 Å². The predicted molar refractivity (Wildman–Crippen MR) is 67.6 cm³/mol. The van der Waals surface area contributed by atoms with Crippen LogP contribution < -0.4 is 4.72 Å². The Morgan fingerprint density at radius 3 is 1.85 bits per heavy atom. The van der Waals surface area contributed by atoms with E-state index in [9.17, 15) is 26.4 Å². The van der Waals surface area contributed by atoms with Crippen LogP contribution in [0.4, 0.5) is 13.2 Å². The van der Waals surface area contributed by atoms with Crippen molar-refractivity contribution in [3.05, 3.63) is 35.4 Å². The number of nitrogens with one attached hydrogen (secondary N) is 1. The molecule has 0 heterocycles. The molecular weight excluding hydrogens is 295 g/mol. The minimum Gasteiger partial charge on any atom is -0.268 e. The van der Waals surface area contributed by atoms with Gasteiger partial charge in [-0.1, -0.05) is 32.9 Å². The van der Waals surface area contributed by atoms with E-state index in [1.54, 1.807) is 12.1 Å². The Morgan fingerprint density at radius 2 is 1.50 bits per heavy atom. The topological polar surface area (TPSA) is 63.2 Å². The molecule has 1 aromatic carbocycles. The molecule has 112 valence electrons. The third-order valence-corrected chi connectivity index (χ3v) is 3.61. The maximum atomic E-state index is 12.1. The van der Waals surface area contributed by atoms with Crippen LogP contribution in [0, 0.1) is 0 Å². The van der Waals surface area contributed by atoms with Crippen LogP contribution >= 0.6 is 0 Å². The van der Waals surface area contributed by atoms with Crippen molar-refractivity contribution in [2.75, 3.05) is 0 Å². The number of carbonyl (C=O) groups excluding carboxylic acids is 1. The van der Waals surface area contributed by atoms with E-state index in [1.165, 1.54) is 12.1 Å². The molecule has 0 saturated heterocycles. The summed E-state index contributed by atoms with van der Waals surface area (Å²) in [7, 11) is -5.68. The summed E-state index contributed by atoms with van der Waals surface area (Å²) in [6, 6.07) is 5.69. The van der Waals surface area contributed by atoms with Gasteiger partial charge in [0.05, 0.1) is 0 Å². The van der Waals surface area contributed by atoms with Crippen LogP contribution in [0.25, 0.3) is 0 Å². The lowest BCUT2D eigenvalue weighted by molar-refractivity contribution is -0.0446. The van der Waals surface area contributed by atoms with Crippen LogP contribution in [0.3, 0.4) is 0 Å². The van der Waals surface area contributed by atoms with E-state index in [-0.39, 0.29) is 11.0 Å². The first kappa shape index (κ1) is 16.5. The Kier molecular flexibility index (Phi) is 4.19. The van der Waals surface area contributed by atoms with E-state index in [0.29, 0.717) is 0 Å². The summed E-state index contributed by atoms with van der Waals surface area (Å²) >= 11 is 0. The van der Waals surface area contributed by atoms with Crippen molar-refractivity contribution in [1.82, 2.24) is 4.72 Å². The lowest BCUT2D eigenvalue weighted by Gasteiger charge is -2.19. The highest BCUT2D eigenvalue weighted by Gasteiger charge is 2.47. The normalized spacial score (nSPS) is 13.1. The fourth-order valence-electron chi connectivity index (χ4n) is 1.36. The molecule has 0 spiro atoms. The van der Waals surface area contributed by atoms with Crippen LogP contribution in [-0.4, -0.2) is 19.8 Å². The number of sulfonamides is 1. The number of hydrogen-bond donors (Lipinski definition) is 1. The molecule has 0 unspecified atom stereocenters. The minimum atomic E-state index is -5.68. The maximum Gasteiger partial charge on any atom is 0.516 e. The molecule has 1 N–H and O–H groups in total. The van der Waals surface area contributed by atoms with Crippen LogP contribution in [0.5, 0.6) is 0 Å². The Hall–Kier alpha value is -1.57. The molecule has 0 aliphatic heterocycles. The zero-order valence-corrected chi connectivity index (χ0v) is 11.9. The molecule has 0 fully saturated rings. The molecule has 1 rings (SSSR count). The molecule has 20 heavy (non-hydrogen) atoms. The van der Waals surface area contributed by atoms with Gasteiger partial charge >= 0.3 is 15.5 Å². The fourth-order valence-corrected chi connectivity index (χ4v) is 1.84. The molecule has 1 amide bonds. The van der Waals surface area contributed by atoms with Gasteiger partial charge in [-0.25, -0.2) is 4.72 Å². The average molecular weight is 309 g/mol. The second kappa shape index (κ2) is 5.08. The number of hydrogen-bond acceptors (Lipinski definition) is 3. The van der Waals surface area contributed by atoms with Crippen molar-refractivity contribution in [2.24, 2.45) is 0 Å². The van der Waals surface area contributed by atoms with Gasteiger partial charge in [-0.3, -0.25) is 4.79 Å². The number of amides is 1. The molecule has 0 aromatic heterocycles. The maximum absolute atomic E-state index is 12.1. The van der Waals surface area contributed by atoms with Gasteiger partial charge in [0.2, 0.25) is 0 Å². The molecule has 0 bridgehead atoms. The number of carbonyl (C=O) groups is 1. The number of rotatable bonds is 2. The first-order valence-corrected chi connectivity index (χ1v) is 7.07. The van der Waals surface area contributed by atoms with Crippen LogP contribution in [-0.2, 0) is 15.4 Å². The quantitative estimate of drug-likeness (QED) is 0.913. The predicted octanol–water partition coefficient (Wildman–Crippen LogP) is 2.56. The van der Waals surface area contributed by atoms with Gasteiger partial charge in [0.1, 0.15) is 0 Å².